The molecule has 0 bridgehead atoms. The van der Waals surface area contributed by atoms with Crippen LogP contribution in [0.25, 0.3) is 55.3 Å². The van der Waals surface area contributed by atoms with Crippen molar-refractivity contribution in [3.63, 3.8) is 0 Å². The van der Waals surface area contributed by atoms with E-state index < -0.39 is 5.41 Å². The van der Waals surface area contributed by atoms with Crippen LogP contribution in [0.3, 0.4) is 0 Å². The molecule has 3 aliphatic rings. The minimum absolute atomic E-state index is 0.00863. The maximum Gasteiger partial charge on any atom is 0.0726 e. The highest BCUT2D eigenvalue weighted by Gasteiger charge is 2.52. The lowest BCUT2D eigenvalue weighted by Crippen LogP contribution is -2.34. The molecule has 0 fully saturated rings. The predicted molar refractivity (Wildman–Crippen MR) is 261 cm³/mol. The van der Waals surface area contributed by atoms with Crippen LogP contribution in [0.2, 0.25) is 0 Å². The van der Waals surface area contributed by atoms with Gasteiger partial charge < -0.3 is 4.90 Å². The Balaban J connectivity index is 1.22. The van der Waals surface area contributed by atoms with E-state index in [9.17, 15) is 0 Å². The summed E-state index contributed by atoms with van der Waals surface area (Å²) < 4.78 is 0. The third-order valence-corrected chi connectivity index (χ3v) is 14.7. The Kier molecular flexibility index (Phi) is 8.04. The summed E-state index contributed by atoms with van der Waals surface area (Å²) in [6.45, 7) is 9.83. The largest absolute Gasteiger partial charge is 0.310 e. The summed E-state index contributed by atoms with van der Waals surface area (Å²) in [6, 6.07) is 75.6. The first-order chi connectivity index (χ1) is 30.2. The van der Waals surface area contributed by atoms with Gasteiger partial charge in [-0.2, -0.15) is 0 Å². The van der Waals surface area contributed by atoms with Gasteiger partial charge in [-0.25, -0.2) is 0 Å². The summed E-state index contributed by atoms with van der Waals surface area (Å²) in [5.74, 6) is 0. The summed E-state index contributed by atoms with van der Waals surface area (Å²) >= 11 is 0. The van der Waals surface area contributed by atoms with Crippen molar-refractivity contribution in [1.29, 1.82) is 0 Å². The van der Waals surface area contributed by atoms with Gasteiger partial charge in [0.05, 0.1) is 11.1 Å². The van der Waals surface area contributed by atoms with Crippen molar-refractivity contribution >= 4 is 27.8 Å². The lowest BCUT2D eigenvalue weighted by molar-refractivity contribution is 0.333. The SMILES string of the molecule is CC1(C)CCC(C)(C)c2c(-c3cc4c(cc3N(c3ccc(-c5ccccc5)cc3)c3ccc5ccccc5c3)C3(c5ccccc5-c5ccccc53)c3ccccc3-4)cccc21. The molecule has 9 aromatic carbocycles. The molecule has 12 rings (SSSR count). The Hall–Kier alpha value is -6.96. The Labute approximate surface area is 366 Å². The molecule has 62 heavy (non-hydrogen) atoms. The topological polar surface area (TPSA) is 3.24 Å². The molecule has 0 heterocycles. The van der Waals surface area contributed by atoms with Crippen LogP contribution in [0.5, 0.6) is 0 Å². The number of hydrogen-bond donors (Lipinski definition) is 0. The highest BCUT2D eigenvalue weighted by atomic mass is 15.1. The molecule has 0 amide bonds. The molecule has 0 unspecified atom stereocenters. The molecule has 3 aliphatic carbocycles. The van der Waals surface area contributed by atoms with Crippen molar-refractivity contribution in [2.45, 2.75) is 56.8 Å². The van der Waals surface area contributed by atoms with Gasteiger partial charge in [-0.15, -0.1) is 0 Å². The average molecular weight is 796 g/mol. The van der Waals surface area contributed by atoms with Crippen molar-refractivity contribution in [3.8, 4) is 44.5 Å². The monoisotopic (exact) mass is 795 g/mol. The van der Waals surface area contributed by atoms with Crippen LogP contribution in [0.1, 0.15) is 73.9 Å². The molecule has 1 heteroatoms. The van der Waals surface area contributed by atoms with Crippen molar-refractivity contribution < 1.29 is 0 Å². The first-order valence-corrected chi connectivity index (χ1v) is 22.3. The van der Waals surface area contributed by atoms with E-state index in [1.807, 2.05) is 0 Å². The second-order valence-electron chi connectivity index (χ2n) is 19.1. The van der Waals surface area contributed by atoms with E-state index >= 15 is 0 Å². The number of hydrogen-bond acceptors (Lipinski definition) is 1. The molecule has 0 atom stereocenters. The first-order valence-electron chi connectivity index (χ1n) is 22.3. The number of benzene rings is 9. The van der Waals surface area contributed by atoms with Gasteiger partial charge >= 0.3 is 0 Å². The Morgan fingerprint density at radius 3 is 1.53 bits per heavy atom. The van der Waals surface area contributed by atoms with Crippen molar-refractivity contribution in [1.82, 2.24) is 0 Å². The Bertz CT molecular complexity index is 3190. The van der Waals surface area contributed by atoms with Gasteiger partial charge in [0.15, 0.2) is 0 Å². The molecule has 0 N–H and O–H groups in total. The zero-order valence-corrected chi connectivity index (χ0v) is 35.9. The third-order valence-electron chi connectivity index (χ3n) is 14.7. The minimum Gasteiger partial charge on any atom is -0.310 e. The quantitative estimate of drug-likeness (QED) is 0.168. The van der Waals surface area contributed by atoms with Crippen LogP contribution in [0.4, 0.5) is 17.1 Å². The molecule has 0 aromatic heterocycles. The second kappa shape index (κ2) is 13.5. The van der Waals surface area contributed by atoms with E-state index in [0.717, 1.165) is 17.8 Å². The van der Waals surface area contributed by atoms with Crippen LogP contribution >= 0.6 is 0 Å². The maximum absolute atomic E-state index is 2.60. The van der Waals surface area contributed by atoms with Gasteiger partial charge in [-0.05, 0) is 143 Å². The van der Waals surface area contributed by atoms with Gasteiger partial charge in [0.1, 0.15) is 0 Å². The number of fused-ring (bicyclic) bond motifs is 12. The summed E-state index contributed by atoms with van der Waals surface area (Å²) in [5.41, 5.74) is 21.7. The fourth-order valence-electron chi connectivity index (χ4n) is 11.7. The zero-order chi connectivity index (χ0) is 41.8. The van der Waals surface area contributed by atoms with Crippen LogP contribution in [0.15, 0.2) is 200 Å². The normalized spacial score (nSPS) is 15.7. The van der Waals surface area contributed by atoms with Crippen molar-refractivity contribution in [2.75, 3.05) is 4.90 Å². The molecule has 1 spiro atoms. The molecule has 0 saturated carbocycles. The number of nitrogens with zero attached hydrogens (tertiary/aromatic N) is 1. The molecule has 0 saturated heterocycles. The number of anilines is 3. The van der Waals surface area contributed by atoms with Gasteiger partial charge in [0.25, 0.3) is 0 Å². The van der Waals surface area contributed by atoms with Gasteiger partial charge in [-0.3, -0.25) is 0 Å². The number of rotatable bonds is 5. The first kappa shape index (κ1) is 36.9. The molecule has 0 radical (unpaired) electrons. The van der Waals surface area contributed by atoms with Crippen LogP contribution in [-0.2, 0) is 16.2 Å². The average Bonchev–Trinajstić information content (AvgIpc) is 3.77. The zero-order valence-electron chi connectivity index (χ0n) is 35.9. The highest BCUT2D eigenvalue weighted by Crippen LogP contribution is 2.64. The van der Waals surface area contributed by atoms with E-state index in [-0.39, 0.29) is 10.8 Å². The summed E-state index contributed by atoms with van der Waals surface area (Å²) in [6.07, 6.45) is 2.30. The third kappa shape index (κ3) is 5.27. The highest BCUT2D eigenvalue weighted by molar-refractivity contribution is 6.01. The van der Waals surface area contributed by atoms with Crippen molar-refractivity contribution in [3.05, 3.63) is 234 Å². The maximum atomic E-state index is 2.60. The Morgan fingerprint density at radius 2 is 0.855 bits per heavy atom. The van der Waals surface area contributed by atoms with Crippen LogP contribution < -0.4 is 4.90 Å². The summed E-state index contributed by atoms with van der Waals surface area (Å²) in [5, 5.41) is 2.46. The fraction of sp³-hybridized carbons (Fsp3) is 0.148. The van der Waals surface area contributed by atoms with E-state index in [4.69, 9.17) is 0 Å². The van der Waals surface area contributed by atoms with E-state index in [0.29, 0.717) is 0 Å². The lowest BCUT2D eigenvalue weighted by Gasteiger charge is -2.43. The Morgan fingerprint density at radius 1 is 0.339 bits per heavy atom. The van der Waals surface area contributed by atoms with Gasteiger partial charge in [0, 0.05) is 16.9 Å². The summed E-state index contributed by atoms with van der Waals surface area (Å²) in [7, 11) is 0. The van der Waals surface area contributed by atoms with Gasteiger partial charge in [-0.1, -0.05) is 191 Å². The molecule has 9 aromatic rings. The van der Waals surface area contributed by atoms with E-state index in [1.165, 1.54) is 101 Å². The molecular weight excluding hydrogens is 747 g/mol. The van der Waals surface area contributed by atoms with Crippen LogP contribution in [-0.4, -0.2) is 0 Å². The smallest absolute Gasteiger partial charge is 0.0726 e. The van der Waals surface area contributed by atoms with Crippen molar-refractivity contribution in [2.24, 2.45) is 0 Å². The summed E-state index contributed by atoms with van der Waals surface area (Å²) in [4.78, 5) is 2.56. The predicted octanol–water partition coefficient (Wildman–Crippen LogP) is 16.3. The lowest BCUT2D eigenvalue weighted by atomic mass is 9.61. The fourth-order valence-corrected chi connectivity index (χ4v) is 11.7. The molecular formula is C61H49N. The van der Waals surface area contributed by atoms with Crippen LogP contribution in [0, 0.1) is 0 Å². The standard InChI is InChI=1S/C61H49N/c1-59(2)35-36-60(3,4)58-49(24-16-28-55(58)59)51-38-50-48-23-12-15-27-54(48)61(52-25-13-10-21-46(52)47-22-11-14-26-53(47)61)56(50)39-57(51)62(45-34-31-41-19-8-9-20-43(41)37-45)44-32-29-42(30-33-44)40-17-6-5-7-18-40/h5-34,37-39H,35-36H2,1-4H3. The second-order valence-corrected chi connectivity index (χ2v) is 19.1. The van der Waals surface area contributed by atoms with E-state index in [1.54, 1.807) is 0 Å². The minimum atomic E-state index is -0.476. The van der Waals surface area contributed by atoms with E-state index in [2.05, 4.69) is 233 Å². The molecule has 1 nitrogen and oxygen atoms in total. The molecule has 0 aliphatic heterocycles. The van der Waals surface area contributed by atoms with Gasteiger partial charge in [0.2, 0.25) is 0 Å². The molecule has 298 valence electrons.